The first-order valence-electron chi connectivity index (χ1n) is 6.80. The molecular formula is C14H18BrCl2N3O. The Hall–Kier alpha value is -0.330. The SMILES string of the molecule is Cl.O=C(CN1C[C@H]2CNC[C@H]2C1)Nc1ccc(Br)cc1Cl. The number of hydrogen-bond donors (Lipinski definition) is 2. The Labute approximate surface area is 144 Å². The minimum Gasteiger partial charge on any atom is -0.324 e. The maximum atomic E-state index is 12.1. The van der Waals surface area contributed by atoms with Crippen LogP contribution < -0.4 is 10.6 Å². The van der Waals surface area contributed by atoms with Gasteiger partial charge in [0.05, 0.1) is 17.3 Å². The van der Waals surface area contributed by atoms with Crippen molar-refractivity contribution < 1.29 is 4.79 Å². The second-order valence-corrected chi connectivity index (χ2v) is 6.87. The van der Waals surface area contributed by atoms with E-state index in [1.807, 2.05) is 12.1 Å². The summed E-state index contributed by atoms with van der Waals surface area (Å²) in [6, 6.07) is 5.46. The molecule has 0 bridgehead atoms. The maximum Gasteiger partial charge on any atom is 0.238 e. The first kappa shape index (κ1) is 17.0. The van der Waals surface area contributed by atoms with Crippen LogP contribution in [0.3, 0.4) is 0 Å². The Morgan fingerprint density at radius 1 is 1.38 bits per heavy atom. The minimum absolute atomic E-state index is 0. The standard InChI is InChI=1S/C14H17BrClN3O.ClH/c15-11-1-2-13(12(16)3-11)18-14(20)8-19-6-9-4-17-5-10(9)7-19;/h1-3,9-10,17H,4-8H2,(H,18,20);1H/t9-,10+;. The van der Waals surface area contributed by atoms with Crippen molar-refractivity contribution in [3.05, 3.63) is 27.7 Å². The van der Waals surface area contributed by atoms with Gasteiger partial charge in [-0.1, -0.05) is 27.5 Å². The van der Waals surface area contributed by atoms with Crippen molar-refractivity contribution in [2.24, 2.45) is 11.8 Å². The number of nitrogens with zero attached hydrogens (tertiary/aromatic N) is 1. The van der Waals surface area contributed by atoms with Gasteiger partial charge >= 0.3 is 0 Å². The van der Waals surface area contributed by atoms with Crippen LogP contribution in [-0.4, -0.2) is 43.5 Å². The van der Waals surface area contributed by atoms with E-state index in [0.717, 1.165) is 30.7 Å². The zero-order valence-corrected chi connectivity index (χ0v) is 14.6. The molecule has 0 spiro atoms. The summed E-state index contributed by atoms with van der Waals surface area (Å²) in [5.74, 6) is 1.42. The highest BCUT2D eigenvalue weighted by atomic mass is 79.9. The molecule has 2 fully saturated rings. The lowest BCUT2D eigenvalue weighted by Gasteiger charge is -2.16. The largest absolute Gasteiger partial charge is 0.324 e. The maximum absolute atomic E-state index is 12.1. The molecule has 0 saturated carbocycles. The second kappa shape index (κ2) is 7.29. The molecule has 0 radical (unpaired) electrons. The quantitative estimate of drug-likeness (QED) is 0.828. The zero-order valence-electron chi connectivity index (χ0n) is 11.4. The molecule has 2 aliphatic heterocycles. The van der Waals surface area contributed by atoms with E-state index in [4.69, 9.17) is 11.6 Å². The van der Waals surface area contributed by atoms with E-state index in [9.17, 15) is 4.79 Å². The normalized spacial score (nSPS) is 24.5. The average molecular weight is 395 g/mol. The molecule has 1 amide bonds. The minimum atomic E-state index is 0. The van der Waals surface area contributed by atoms with Gasteiger partial charge in [0.1, 0.15) is 0 Å². The predicted octanol–water partition coefficient (Wildman–Crippen LogP) is 2.61. The van der Waals surface area contributed by atoms with E-state index in [0.29, 0.717) is 29.1 Å². The van der Waals surface area contributed by atoms with Gasteiger partial charge in [-0.25, -0.2) is 0 Å². The summed E-state index contributed by atoms with van der Waals surface area (Å²) < 4.78 is 0.903. The number of halogens is 3. The molecule has 4 nitrogen and oxygen atoms in total. The molecule has 7 heteroatoms. The molecule has 1 aromatic carbocycles. The number of hydrogen-bond acceptors (Lipinski definition) is 3. The molecule has 0 unspecified atom stereocenters. The van der Waals surface area contributed by atoms with Crippen LogP contribution >= 0.6 is 39.9 Å². The summed E-state index contributed by atoms with van der Waals surface area (Å²) >= 11 is 9.45. The van der Waals surface area contributed by atoms with E-state index in [1.165, 1.54) is 0 Å². The third-order valence-electron chi connectivity index (χ3n) is 4.04. The van der Waals surface area contributed by atoms with Gasteiger partial charge in [-0.15, -0.1) is 12.4 Å². The Balaban J connectivity index is 0.00000161. The number of benzene rings is 1. The number of likely N-dealkylation sites (tertiary alicyclic amines) is 1. The van der Waals surface area contributed by atoms with Crippen molar-refractivity contribution in [2.75, 3.05) is 38.0 Å². The third-order valence-corrected chi connectivity index (χ3v) is 4.84. The van der Waals surface area contributed by atoms with Crippen LogP contribution in [0.15, 0.2) is 22.7 Å². The first-order valence-corrected chi connectivity index (χ1v) is 7.97. The average Bonchev–Trinajstić information content (AvgIpc) is 2.93. The van der Waals surface area contributed by atoms with Gasteiger partial charge in [0.2, 0.25) is 5.91 Å². The van der Waals surface area contributed by atoms with Crippen LogP contribution in [-0.2, 0) is 4.79 Å². The Bertz CT molecular complexity index is 517. The molecule has 0 aliphatic carbocycles. The highest BCUT2D eigenvalue weighted by Gasteiger charge is 2.36. The fourth-order valence-corrected chi connectivity index (χ4v) is 3.79. The van der Waals surface area contributed by atoms with E-state index in [2.05, 4.69) is 31.5 Å². The smallest absolute Gasteiger partial charge is 0.238 e. The Kier molecular flexibility index (Phi) is 5.91. The number of nitrogens with one attached hydrogen (secondary N) is 2. The second-order valence-electron chi connectivity index (χ2n) is 5.54. The van der Waals surface area contributed by atoms with Crippen molar-refractivity contribution in [2.45, 2.75) is 0 Å². The highest BCUT2D eigenvalue weighted by molar-refractivity contribution is 9.10. The Morgan fingerprint density at radius 2 is 2.05 bits per heavy atom. The first-order chi connectivity index (χ1) is 9.61. The number of fused-ring (bicyclic) bond motifs is 1. The van der Waals surface area contributed by atoms with E-state index in [1.54, 1.807) is 6.07 Å². The highest BCUT2D eigenvalue weighted by Crippen LogP contribution is 2.27. The molecule has 2 heterocycles. The molecule has 3 rings (SSSR count). The van der Waals surface area contributed by atoms with Gasteiger partial charge in [-0.2, -0.15) is 0 Å². The molecule has 2 atom stereocenters. The number of amides is 1. The van der Waals surface area contributed by atoms with Crippen molar-refractivity contribution >= 4 is 51.5 Å². The summed E-state index contributed by atoms with van der Waals surface area (Å²) in [4.78, 5) is 14.3. The zero-order chi connectivity index (χ0) is 14.1. The molecule has 2 N–H and O–H groups in total. The molecule has 1 aromatic rings. The van der Waals surface area contributed by atoms with E-state index >= 15 is 0 Å². The summed E-state index contributed by atoms with van der Waals surface area (Å²) in [5.41, 5.74) is 0.668. The summed E-state index contributed by atoms with van der Waals surface area (Å²) in [6.45, 7) is 4.64. The van der Waals surface area contributed by atoms with Crippen LogP contribution in [0.25, 0.3) is 0 Å². The van der Waals surface area contributed by atoms with Crippen molar-refractivity contribution in [1.29, 1.82) is 0 Å². The summed E-state index contributed by atoms with van der Waals surface area (Å²) in [6.07, 6.45) is 0. The van der Waals surface area contributed by atoms with Gasteiger partial charge in [0.25, 0.3) is 0 Å². The monoisotopic (exact) mass is 393 g/mol. The van der Waals surface area contributed by atoms with Gasteiger partial charge in [-0.05, 0) is 43.1 Å². The van der Waals surface area contributed by atoms with Crippen LogP contribution in [0.4, 0.5) is 5.69 Å². The van der Waals surface area contributed by atoms with Crippen LogP contribution in [0.2, 0.25) is 5.02 Å². The van der Waals surface area contributed by atoms with Gasteiger partial charge in [-0.3, -0.25) is 9.69 Å². The van der Waals surface area contributed by atoms with Crippen molar-refractivity contribution in [3.63, 3.8) is 0 Å². The van der Waals surface area contributed by atoms with Gasteiger partial charge < -0.3 is 10.6 Å². The molecule has 2 saturated heterocycles. The van der Waals surface area contributed by atoms with E-state index < -0.39 is 0 Å². The number of carbonyl (C=O) groups excluding carboxylic acids is 1. The lowest BCUT2D eigenvalue weighted by atomic mass is 10.0. The molecule has 21 heavy (non-hydrogen) atoms. The lowest BCUT2D eigenvalue weighted by Crippen LogP contribution is -2.33. The third kappa shape index (κ3) is 4.11. The molecule has 116 valence electrons. The van der Waals surface area contributed by atoms with Crippen LogP contribution in [0.1, 0.15) is 0 Å². The molecule has 0 aromatic heterocycles. The Morgan fingerprint density at radius 3 is 2.67 bits per heavy atom. The molecular weight excluding hydrogens is 377 g/mol. The lowest BCUT2D eigenvalue weighted by molar-refractivity contribution is -0.117. The predicted molar refractivity (Wildman–Crippen MR) is 91.3 cm³/mol. The number of rotatable bonds is 3. The van der Waals surface area contributed by atoms with Gasteiger partial charge in [0.15, 0.2) is 0 Å². The van der Waals surface area contributed by atoms with E-state index in [-0.39, 0.29) is 18.3 Å². The molecule has 2 aliphatic rings. The van der Waals surface area contributed by atoms with Gasteiger partial charge in [0, 0.05) is 17.6 Å². The number of carbonyl (C=O) groups is 1. The van der Waals surface area contributed by atoms with Crippen molar-refractivity contribution in [3.8, 4) is 0 Å². The van der Waals surface area contributed by atoms with Crippen LogP contribution in [0.5, 0.6) is 0 Å². The summed E-state index contributed by atoms with van der Waals surface area (Å²) in [7, 11) is 0. The summed E-state index contributed by atoms with van der Waals surface area (Å²) in [5, 5.41) is 6.83. The fourth-order valence-electron chi connectivity index (χ4n) is 3.07. The number of anilines is 1. The fraction of sp³-hybridized carbons (Fsp3) is 0.500. The van der Waals surface area contributed by atoms with Crippen LogP contribution in [0, 0.1) is 11.8 Å². The van der Waals surface area contributed by atoms with Crippen molar-refractivity contribution in [1.82, 2.24) is 10.2 Å². The topological polar surface area (TPSA) is 44.4 Å².